The molecule has 1 aromatic rings. The molecular weight excluding hydrogens is 370 g/mol. The molecule has 146 valence electrons. The van der Waals surface area contributed by atoms with E-state index in [-0.39, 0.29) is 30.6 Å². The average Bonchev–Trinajstić information content (AvgIpc) is 2.56. The molecule has 0 bridgehead atoms. The Labute approximate surface area is 157 Å². The number of hydrogen-bond acceptors (Lipinski definition) is 4. The van der Waals surface area contributed by atoms with Crippen molar-refractivity contribution in [3.63, 3.8) is 0 Å². The van der Waals surface area contributed by atoms with Crippen molar-refractivity contribution < 1.29 is 28.2 Å². The molecule has 2 rings (SSSR count). The summed E-state index contributed by atoms with van der Waals surface area (Å²) in [6, 6.07) is 6.12. The number of aliphatic carboxylic acids is 1. The number of hydrogen-bond donors (Lipinski definition) is 1. The lowest BCUT2D eigenvalue weighted by Crippen LogP contribution is -2.44. The van der Waals surface area contributed by atoms with Crippen LogP contribution in [0.1, 0.15) is 18.4 Å². The molecule has 1 unspecified atom stereocenters. The van der Waals surface area contributed by atoms with Gasteiger partial charge in [0, 0.05) is 20.1 Å². The van der Waals surface area contributed by atoms with Crippen molar-refractivity contribution in [3.05, 3.63) is 29.8 Å². The highest BCUT2D eigenvalue weighted by atomic mass is 35.5. The van der Waals surface area contributed by atoms with Gasteiger partial charge in [-0.3, -0.25) is 14.5 Å². The molecule has 0 saturated carbocycles. The predicted octanol–water partition coefficient (Wildman–Crippen LogP) is 2.46. The summed E-state index contributed by atoms with van der Waals surface area (Å²) >= 11 is 0. The van der Waals surface area contributed by atoms with E-state index in [4.69, 9.17) is 5.11 Å². The van der Waals surface area contributed by atoms with Gasteiger partial charge in [0.1, 0.15) is 5.75 Å². The van der Waals surface area contributed by atoms with Crippen molar-refractivity contribution in [2.45, 2.75) is 26.0 Å². The first-order chi connectivity index (χ1) is 11.8. The van der Waals surface area contributed by atoms with Crippen LogP contribution in [0.3, 0.4) is 0 Å². The van der Waals surface area contributed by atoms with Crippen molar-refractivity contribution in [3.8, 4) is 5.75 Å². The van der Waals surface area contributed by atoms with Gasteiger partial charge < -0.3 is 14.7 Å². The van der Waals surface area contributed by atoms with Gasteiger partial charge in [0.25, 0.3) is 0 Å². The molecule has 0 spiro atoms. The van der Waals surface area contributed by atoms with Gasteiger partial charge in [-0.25, -0.2) is 0 Å². The summed E-state index contributed by atoms with van der Waals surface area (Å²) in [6.45, 7) is -1.26. The second kappa shape index (κ2) is 10.3. The minimum atomic E-state index is -2.87. The molecule has 1 amide bonds. The van der Waals surface area contributed by atoms with Gasteiger partial charge in [0.05, 0.1) is 12.5 Å². The van der Waals surface area contributed by atoms with Crippen molar-refractivity contribution in [2.75, 3.05) is 26.7 Å². The van der Waals surface area contributed by atoms with Gasteiger partial charge in [-0.2, -0.15) is 8.78 Å². The van der Waals surface area contributed by atoms with Crippen LogP contribution in [0.4, 0.5) is 8.78 Å². The zero-order chi connectivity index (χ0) is 18.4. The zero-order valence-electron chi connectivity index (χ0n) is 14.4. The molecule has 1 aromatic carbocycles. The van der Waals surface area contributed by atoms with Gasteiger partial charge >= 0.3 is 12.6 Å². The number of halogens is 3. The fourth-order valence-corrected chi connectivity index (χ4v) is 2.85. The number of carbonyl (C=O) groups is 2. The normalized spacial score (nSPS) is 17.5. The molecule has 1 aliphatic rings. The first kappa shape index (κ1) is 22.1. The first-order valence-electron chi connectivity index (χ1n) is 8.08. The number of nitrogens with zero attached hydrogens (tertiary/aromatic N) is 2. The molecule has 0 aliphatic carbocycles. The number of likely N-dealkylation sites (N-methyl/N-ethyl adjacent to an activating group) is 1. The summed E-state index contributed by atoms with van der Waals surface area (Å²) in [5.74, 6) is -1.29. The molecule has 1 fully saturated rings. The van der Waals surface area contributed by atoms with Crippen LogP contribution < -0.4 is 4.74 Å². The number of likely N-dealkylation sites (tertiary alicyclic amines) is 1. The van der Waals surface area contributed by atoms with E-state index in [1.54, 1.807) is 19.2 Å². The topological polar surface area (TPSA) is 70.1 Å². The SMILES string of the molecule is CN(Cc1ccc(OC(F)F)cc1)C(=O)CN1CCCC(C(=O)O)C1.Cl. The molecule has 1 aliphatic heterocycles. The fraction of sp³-hybridized carbons (Fsp3) is 0.529. The molecule has 1 heterocycles. The number of carboxylic acids is 1. The van der Waals surface area contributed by atoms with Gasteiger partial charge in [0.2, 0.25) is 5.91 Å². The lowest BCUT2D eigenvalue weighted by molar-refractivity contribution is -0.144. The average molecular weight is 393 g/mol. The van der Waals surface area contributed by atoms with Crippen LogP contribution in [-0.2, 0) is 16.1 Å². The fourth-order valence-electron chi connectivity index (χ4n) is 2.85. The first-order valence-corrected chi connectivity index (χ1v) is 8.08. The Balaban J connectivity index is 0.00000338. The number of piperidine rings is 1. The maximum absolute atomic E-state index is 12.3. The monoisotopic (exact) mass is 392 g/mol. The second-order valence-corrected chi connectivity index (χ2v) is 6.18. The molecule has 1 N–H and O–H groups in total. The van der Waals surface area contributed by atoms with Gasteiger partial charge in [-0.15, -0.1) is 12.4 Å². The molecule has 1 saturated heterocycles. The summed E-state index contributed by atoms with van der Waals surface area (Å²) in [5, 5.41) is 9.09. The van der Waals surface area contributed by atoms with E-state index in [0.717, 1.165) is 12.0 Å². The Kier molecular flexibility index (Phi) is 8.74. The number of benzene rings is 1. The molecule has 0 radical (unpaired) electrons. The Morgan fingerprint density at radius 3 is 2.58 bits per heavy atom. The number of carboxylic acid groups (broad SMARTS) is 1. The summed E-state index contributed by atoms with van der Waals surface area (Å²) in [6.07, 6.45) is 1.41. The van der Waals surface area contributed by atoms with E-state index < -0.39 is 18.5 Å². The molecule has 9 heteroatoms. The van der Waals surface area contributed by atoms with Gasteiger partial charge in [0.15, 0.2) is 0 Å². The number of amides is 1. The number of alkyl halides is 2. The van der Waals surface area contributed by atoms with Crippen molar-refractivity contribution in [1.82, 2.24) is 9.80 Å². The molecular formula is C17H23ClF2N2O4. The zero-order valence-corrected chi connectivity index (χ0v) is 15.3. The summed E-state index contributed by atoms with van der Waals surface area (Å²) in [7, 11) is 1.66. The Hall–Kier alpha value is -1.93. The number of rotatable bonds is 7. The van der Waals surface area contributed by atoms with E-state index in [1.165, 1.54) is 17.0 Å². The number of ether oxygens (including phenoxy) is 1. The maximum atomic E-state index is 12.3. The molecule has 0 aromatic heterocycles. The van der Waals surface area contributed by atoms with Gasteiger partial charge in [-0.1, -0.05) is 12.1 Å². The minimum absolute atomic E-state index is 0. The molecule has 6 nitrogen and oxygen atoms in total. The van der Waals surface area contributed by atoms with Crippen LogP contribution in [0.15, 0.2) is 24.3 Å². The van der Waals surface area contributed by atoms with Crippen LogP contribution in [-0.4, -0.2) is 60.1 Å². The Morgan fingerprint density at radius 1 is 1.35 bits per heavy atom. The third kappa shape index (κ3) is 6.76. The highest BCUT2D eigenvalue weighted by Crippen LogP contribution is 2.18. The number of carbonyl (C=O) groups excluding carboxylic acids is 1. The van der Waals surface area contributed by atoms with E-state index in [9.17, 15) is 18.4 Å². The molecule has 26 heavy (non-hydrogen) atoms. The van der Waals surface area contributed by atoms with E-state index in [1.807, 2.05) is 4.90 Å². The van der Waals surface area contributed by atoms with Crippen LogP contribution in [0.5, 0.6) is 5.75 Å². The summed E-state index contributed by atoms with van der Waals surface area (Å²) in [5.41, 5.74) is 0.791. The van der Waals surface area contributed by atoms with E-state index in [0.29, 0.717) is 26.1 Å². The highest BCUT2D eigenvalue weighted by Gasteiger charge is 2.27. The van der Waals surface area contributed by atoms with Crippen LogP contribution in [0.25, 0.3) is 0 Å². The van der Waals surface area contributed by atoms with Crippen LogP contribution in [0.2, 0.25) is 0 Å². The van der Waals surface area contributed by atoms with Crippen molar-refractivity contribution >= 4 is 24.3 Å². The third-order valence-corrected chi connectivity index (χ3v) is 4.21. The lowest BCUT2D eigenvalue weighted by atomic mass is 9.98. The Morgan fingerprint density at radius 2 is 2.00 bits per heavy atom. The maximum Gasteiger partial charge on any atom is 0.387 e. The second-order valence-electron chi connectivity index (χ2n) is 6.18. The predicted molar refractivity (Wildman–Crippen MR) is 93.6 cm³/mol. The minimum Gasteiger partial charge on any atom is -0.481 e. The van der Waals surface area contributed by atoms with E-state index >= 15 is 0 Å². The van der Waals surface area contributed by atoms with Gasteiger partial charge in [-0.05, 0) is 37.1 Å². The van der Waals surface area contributed by atoms with Crippen molar-refractivity contribution in [1.29, 1.82) is 0 Å². The largest absolute Gasteiger partial charge is 0.481 e. The molecule has 1 atom stereocenters. The smallest absolute Gasteiger partial charge is 0.387 e. The van der Waals surface area contributed by atoms with Crippen LogP contribution in [0, 0.1) is 5.92 Å². The highest BCUT2D eigenvalue weighted by molar-refractivity contribution is 5.85. The lowest BCUT2D eigenvalue weighted by Gasteiger charge is -2.31. The quantitative estimate of drug-likeness (QED) is 0.772. The van der Waals surface area contributed by atoms with E-state index in [2.05, 4.69) is 4.74 Å². The van der Waals surface area contributed by atoms with Crippen molar-refractivity contribution in [2.24, 2.45) is 5.92 Å². The summed E-state index contributed by atoms with van der Waals surface area (Å²) in [4.78, 5) is 26.8. The Bertz CT molecular complexity index is 601. The third-order valence-electron chi connectivity index (χ3n) is 4.21. The summed E-state index contributed by atoms with van der Waals surface area (Å²) < 4.78 is 28.5. The van der Waals surface area contributed by atoms with Crippen LogP contribution >= 0.6 is 12.4 Å². The standard InChI is InChI=1S/C17H22F2N2O4.ClH/c1-20(9-12-4-6-14(7-5-12)25-17(18)19)15(22)11-21-8-2-3-13(10-21)16(23)24;/h4-7,13,17H,2-3,8-11H2,1H3,(H,23,24);1H.